The van der Waals surface area contributed by atoms with Crippen LogP contribution in [0.4, 0.5) is 0 Å². The van der Waals surface area contributed by atoms with Gasteiger partial charge in [0.05, 0.1) is 6.42 Å². The second-order valence-corrected chi connectivity index (χ2v) is 10.2. The van der Waals surface area contributed by atoms with E-state index in [9.17, 15) is 19.2 Å². The van der Waals surface area contributed by atoms with Crippen LogP contribution in [0.1, 0.15) is 29.2 Å². The van der Waals surface area contributed by atoms with Crippen LogP contribution in [0.25, 0.3) is 0 Å². The molecule has 0 radical (unpaired) electrons. The third-order valence-electron chi connectivity index (χ3n) is 6.52. The molecule has 2 aliphatic rings. The Morgan fingerprint density at radius 2 is 1.53 bits per heavy atom. The molecule has 3 aromatic rings. The van der Waals surface area contributed by atoms with Gasteiger partial charge >= 0.3 is 5.97 Å². The highest BCUT2D eigenvalue weighted by molar-refractivity contribution is 8.00. The van der Waals surface area contributed by atoms with E-state index in [-0.39, 0.29) is 24.4 Å². The normalized spacial score (nSPS) is 18.4. The minimum Gasteiger partial charge on any atom is -0.448 e. The lowest BCUT2D eigenvalue weighted by molar-refractivity contribution is -0.154. The SMILES string of the molecule is O=CCC1=C(C(=O)OC(c2ccccc2)c2ccccc2)N2C(=O)C(NC(=O)Cc3ccccc3)C2SC1. The maximum absolute atomic E-state index is 13.7. The highest BCUT2D eigenvalue weighted by Crippen LogP contribution is 2.42. The van der Waals surface area contributed by atoms with Gasteiger partial charge in [-0.1, -0.05) is 91.0 Å². The van der Waals surface area contributed by atoms with Crippen LogP contribution in [0, 0.1) is 0 Å². The van der Waals surface area contributed by atoms with Crippen LogP contribution in [0.5, 0.6) is 0 Å². The molecule has 3 aromatic carbocycles. The molecule has 1 N–H and O–H groups in total. The molecule has 8 heteroatoms. The maximum atomic E-state index is 13.7. The molecule has 0 spiro atoms. The summed E-state index contributed by atoms with van der Waals surface area (Å²) >= 11 is 1.42. The number of thioether (sulfide) groups is 1. The number of ether oxygens (including phenoxy) is 1. The molecule has 2 unspecified atom stereocenters. The topological polar surface area (TPSA) is 92.8 Å². The Bertz CT molecular complexity index is 1320. The summed E-state index contributed by atoms with van der Waals surface area (Å²) in [6.45, 7) is 0. The first-order valence-corrected chi connectivity index (χ1v) is 13.4. The van der Waals surface area contributed by atoms with Crippen molar-refractivity contribution in [2.75, 3.05) is 5.75 Å². The van der Waals surface area contributed by atoms with E-state index in [0.717, 1.165) is 23.0 Å². The molecule has 2 aliphatic heterocycles. The number of hydrogen-bond donors (Lipinski definition) is 1. The summed E-state index contributed by atoms with van der Waals surface area (Å²) in [7, 11) is 0. The number of amides is 2. The number of carbonyl (C=O) groups excluding carboxylic acids is 4. The number of β-lactam (4-membered cyclic amide) rings is 1. The first-order valence-electron chi connectivity index (χ1n) is 12.3. The second kappa shape index (κ2) is 11.5. The van der Waals surface area contributed by atoms with E-state index in [0.29, 0.717) is 11.3 Å². The van der Waals surface area contributed by atoms with Gasteiger partial charge in [0.15, 0.2) is 6.10 Å². The molecule has 5 rings (SSSR count). The average Bonchev–Trinajstić information content (AvgIpc) is 2.96. The van der Waals surface area contributed by atoms with Crippen LogP contribution in [0.15, 0.2) is 102 Å². The zero-order chi connectivity index (χ0) is 26.5. The van der Waals surface area contributed by atoms with Crippen LogP contribution >= 0.6 is 11.8 Å². The average molecular weight is 527 g/mol. The Kier molecular flexibility index (Phi) is 7.70. The van der Waals surface area contributed by atoms with E-state index >= 15 is 0 Å². The zero-order valence-electron chi connectivity index (χ0n) is 20.5. The molecule has 0 saturated carbocycles. The van der Waals surface area contributed by atoms with Crippen molar-refractivity contribution in [3.8, 4) is 0 Å². The Morgan fingerprint density at radius 1 is 0.947 bits per heavy atom. The van der Waals surface area contributed by atoms with E-state index in [1.165, 1.54) is 16.7 Å². The molecule has 0 aromatic heterocycles. The molecule has 2 heterocycles. The molecule has 192 valence electrons. The number of nitrogens with zero attached hydrogens (tertiary/aromatic N) is 1. The van der Waals surface area contributed by atoms with Gasteiger partial charge in [-0.15, -0.1) is 11.8 Å². The predicted molar refractivity (Wildman–Crippen MR) is 144 cm³/mol. The van der Waals surface area contributed by atoms with Crippen LogP contribution in [-0.4, -0.2) is 46.1 Å². The Hall–Kier alpha value is -4.17. The largest absolute Gasteiger partial charge is 0.448 e. The summed E-state index contributed by atoms with van der Waals surface area (Å²) in [5.74, 6) is -0.957. The van der Waals surface area contributed by atoms with Crippen LogP contribution in [0.3, 0.4) is 0 Å². The summed E-state index contributed by atoms with van der Waals surface area (Å²) in [6, 6.07) is 27.2. The highest BCUT2D eigenvalue weighted by atomic mass is 32.2. The summed E-state index contributed by atoms with van der Waals surface area (Å²) in [4.78, 5) is 52.3. The van der Waals surface area contributed by atoms with Gasteiger partial charge in [0.25, 0.3) is 5.91 Å². The molecule has 0 aliphatic carbocycles. The summed E-state index contributed by atoms with van der Waals surface area (Å²) in [5.41, 5.74) is 3.04. The van der Waals surface area contributed by atoms with E-state index < -0.39 is 29.4 Å². The van der Waals surface area contributed by atoms with E-state index in [1.54, 1.807) is 0 Å². The number of benzene rings is 3. The van der Waals surface area contributed by atoms with Crippen molar-refractivity contribution in [1.29, 1.82) is 0 Å². The quantitative estimate of drug-likeness (QED) is 0.259. The van der Waals surface area contributed by atoms with Crippen LogP contribution in [0.2, 0.25) is 0 Å². The van der Waals surface area contributed by atoms with Gasteiger partial charge in [0.2, 0.25) is 5.91 Å². The number of aldehydes is 1. The summed E-state index contributed by atoms with van der Waals surface area (Å²) in [5, 5.41) is 2.37. The summed E-state index contributed by atoms with van der Waals surface area (Å²) < 4.78 is 6.03. The van der Waals surface area contributed by atoms with Crippen LogP contribution < -0.4 is 5.32 Å². The van der Waals surface area contributed by atoms with E-state index in [1.807, 2.05) is 91.0 Å². The van der Waals surface area contributed by atoms with Gasteiger partial charge in [0, 0.05) is 12.2 Å². The Labute approximate surface area is 224 Å². The van der Waals surface area contributed by atoms with Gasteiger partial charge in [-0.05, 0) is 22.3 Å². The third-order valence-corrected chi connectivity index (χ3v) is 7.86. The van der Waals surface area contributed by atoms with Gasteiger partial charge < -0.3 is 14.8 Å². The van der Waals surface area contributed by atoms with Crippen molar-refractivity contribution in [3.63, 3.8) is 0 Å². The predicted octanol–water partition coefficient (Wildman–Crippen LogP) is 3.80. The first kappa shape index (κ1) is 25.5. The minimum atomic E-state index is -0.754. The lowest BCUT2D eigenvalue weighted by Gasteiger charge is -2.49. The highest BCUT2D eigenvalue weighted by Gasteiger charge is 2.54. The van der Waals surface area contributed by atoms with Crippen molar-refractivity contribution in [2.45, 2.75) is 30.4 Å². The molecular weight excluding hydrogens is 500 g/mol. The molecule has 1 fully saturated rings. The molecule has 7 nitrogen and oxygen atoms in total. The van der Waals surface area contributed by atoms with E-state index in [4.69, 9.17) is 4.74 Å². The van der Waals surface area contributed by atoms with Crippen molar-refractivity contribution in [3.05, 3.63) is 119 Å². The zero-order valence-corrected chi connectivity index (χ0v) is 21.3. The lowest BCUT2D eigenvalue weighted by atomic mass is 10.00. The van der Waals surface area contributed by atoms with Gasteiger partial charge in [-0.2, -0.15) is 0 Å². The smallest absolute Gasteiger partial charge is 0.356 e. The molecule has 1 saturated heterocycles. The van der Waals surface area contributed by atoms with Gasteiger partial charge in [-0.25, -0.2) is 4.79 Å². The van der Waals surface area contributed by atoms with Crippen molar-refractivity contribution in [1.82, 2.24) is 10.2 Å². The number of esters is 1. The fourth-order valence-corrected chi connectivity index (χ4v) is 6.04. The minimum absolute atomic E-state index is 0.0142. The number of nitrogens with one attached hydrogen (secondary N) is 1. The Balaban J connectivity index is 1.37. The maximum Gasteiger partial charge on any atom is 0.356 e. The number of carbonyl (C=O) groups is 4. The lowest BCUT2D eigenvalue weighted by Crippen LogP contribution is -2.70. The van der Waals surface area contributed by atoms with Crippen molar-refractivity contribution in [2.24, 2.45) is 0 Å². The number of fused-ring (bicyclic) bond motifs is 1. The molecule has 2 atom stereocenters. The van der Waals surface area contributed by atoms with Gasteiger partial charge in [-0.3, -0.25) is 14.5 Å². The van der Waals surface area contributed by atoms with Crippen molar-refractivity contribution < 1.29 is 23.9 Å². The second-order valence-electron chi connectivity index (χ2n) is 9.05. The molecule has 2 amide bonds. The fraction of sp³-hybridized carbons (Fsp3) is 0.200. The van der Waals surface area contributed by atoms with Crippen molar-refractivity contribution >= 4 is 35.8 Å². The van der Waals surface area contributed by atoms with Gasteiger partial charge in [0.1, 0.15) is 23.4 Å². The fourth-order valence-electron chi connectivity index (χ4n) is 4.68. The standard InChI is InChI=1S/C30H26N2O5S/c33-17-16-23-19-38-29-25(31-24(34)18-20-10-4-1-5-11-20)28(35)32(29)26(23)30(36)37-27(21-12-6-2-7-13-21)22-14-8-3-9-15-22/h1-15,17,25,27,29H,16,18-19H2,(H,31,34). The third kappa shape index (κ3) is 5.26. The Morgan fingerprint density at radius 3 is 2.11 bits per heavy atom. The molecule has 38 heavy (non-hydrogen) atoms. The number of hydrogen-bond acceptors (Lipinski definition) is 6. The number of rotatable bonds is 9. The monoisotopic (exact) mass is 526 g/mol. The first-order chi connectivity index (χ1) is 18.6. The van der Waals surface area contributed by atoms with E-state index in [2.05, 4.69) is 5.32 Å². The summed E-state index contributed by atoms with van der Waals surface area (Å²) in [6.07, 6.45) is 0.193. The van der Waals surface area contributed by atoms with Crippen LogP contribution in [-0.2, 0) is 30.3 Å². The molecule has 0 bridgehead atoms. The molecular formula is C30H26N2O5S.